The number of carbonyl (C=O) groups excluding carboxylic acids is 2. The standard InChI is InChI=1S/C20H26O3/c1-3-4-5-13-23-20(22)15(2)17-11-9-16(10-12-17)14-18-7-6-8-19(18)21/h3,9-12,15,18H,1,4-8,13-14H2,2H3. The summed E-state index contributed by atoms with van der Waals surface area (Å²) in [7, 11) is 0. The van der Waals surface area contributed by atoms with Gasteiger partial charge in [-0.1, -0.05) is 30.3 Å². The SMILES string of the molecule is C=CCCCOC(=O)C(C)c1ccc(CC2CCCC2=O)cc1. The molecule has 2 rings (SSSR count). The lowest BCUT2D eigenvalue weighted by molar-refractivity contribution is -0.145. The van der Waals surface area contributed by atoms with Gasteiger partial charge >= 0.3 is 5.97 Å². The van der Waals surface area contributed by atoms with Crippen molar-refractivity contribution in [1.29, 1.82) is 0 Å². The predicted octanol–water partition coefficient (Wildman–Crippen LogP) is 4.21. The van der Waals surface area contributed by atoms with Gasteiger partial charge in [0, 0.05) is 12.3 Å². The van der Waals surface area contributed by atoms with E-state index >= 15 is 0 Å². The lowest BCUT2D eigenvalue weighted by Crippen LogP contribution is -2.14. The molecule has 124 valence electrons. The number of benzene rings is 1. The summed E-state index contributed by atoms with van der Waals surface area (Å²) in [6.45, 7) is 5.96. The molecule has 1 aromatic rings. The van der Waals surface area contributed by atoms with E-state index in [0.717, 1.165) is 44.1 Å². The third-order valence-electron chi connectivity index (χ3n) is 4.54. The van der Waals surface area contributed by atoms with E-state index in [0.29, 0.717) is 12.4 Å². The molecular weight excluding hydrogens is 288 g/mol. The van der Waals surface area contributed by atoms with Crippen molar-refractivity contribution >= 4 is 11.8 Å². The number of rotatable bonds is 8. The minimum absolute atomic E-state index is 0.187. The van der Waals surface area contributed by atoms with Crippen LogP contribution < -0.4 is 0 Å². The van der Waals surface area contributed by atoms with Gasteiger partial charge in [-0.25, -0.2) is 0 Å². The third-order valence-corrected chi connectivity index (χ3v) is 4.54. The number of Topliss-reactive ketones (excluding diaryl/α,β-unsaturated/α-hetero) is 1. The van der Waals surface area contributed by atoms with Gasteiger partial charge < -0.3 is 4.74 Å². The summed E-state index contributed by atoms with van der Waals surface area (Å²) in [4.78, 5) is 23.7. The first-order chi connectivity index (χ1) is 11.1. The van der Waals surface area contributed by atoms with Crippen LogP contribution in [-0.2, 0) is 20.7 Å². The first-order valence-electron chi connectivity index (χ1n) is 8.51. The van der Waals surface area contributed by atoms with E-state index < -0.39 is 0 Å². The average molecular weight is 314 g/mol. The molecule has 1 aliphatic carbocycles. The highest BCUT2D eigenvalue weighted by Crippen LogP contribution is 2.26. The second kappa shape index (κ2) is 8.66. The summed E-state index contributed by atoms with van der Waals surface area (Å²) in [5.74, 6) is 0.132. The molecule has 0 heterocycles. The zero-order valence-corrected chi connectivity index (χ0v) is 13.9. The second-order valence-corrected chi connectivity index (χ2v) is 6.32. The highest BCUT2D eigenvalue weighted by atomic mass is 16.5. The Morgan fingerprint density at radius 1 is 1.39 bits per heavy atom. The van der Waals surface area contributed by atoms with E-state index in [2.05, 4.69) is 6.58 Å². The van der Waals surface area contributed by atoms with Crippen molar-refractivity contribution in [2.75, 3.05) is 6.61 Å². The molecule has 0 amide bonds. The number of allylic oxidation sites excluding steroid dienone is 1. The van der Waals surface area contributed by atoms with Crippen molar-refractivity contribution in [2.24, 2.45) is 5.92 Å². The van der Waals surface area contributed by atoms with Crippen molar-refractivity contribution in [3.05, 3.63) is 48.0 Å². The number of ketones is 1. The largest absolute Gasteiger partial charge is 0.465 e. The van der Waals surface area contributed by atoms with Gasteiger partial charge in [0.15, 0.2) is 0 Å². The molecule has 0 aromatic heterocycles. The minimum Gasteiger partial charge on any atom is -0.465 e. The van der Waals surface area contributed by atoms with Crippen LogP contribution in [0.1, 0.15) is 56.1 Å². The van der Waals surface area contributed by atoms with Gasteiger partial charge in [-0.15, -0.1) is 6.58 Å². The van der Waals surface area contributed by atoms with Crippen LogP contribution in [0.4, 0.5) is 0 Å². The van der Waals surface area contributed by atoms with Gasteiger partial charge in [0.05, 0.1) is 12.5 Å². The Hall–Kier alpha value is -1.90. The zero-order valence-electron chi connectivity index (χ0n) is 13.9. The molecule has 2 atom stereocenters. The van der Waals surface area contributed by atoms with Crippen LogP contribution >= 0.6 is 0 Å². The smallest absolute Gasteiger partial charge is 0.313 e. The molecule has 0 spiro atoms. The molecule has 3 heteroatoms. The average Bonchev–Trinajstić information content (AvgIpc) is 2.96. The normalized spacial score (nSPS) is 18.7. The van der Waals surface area contributed by atoms with E-state index in [4.69, 9.17) is 4.74 Å². The Kier molecular flexibility index (Phi) is 6.57. The molecule has 23 heavy (non-hydrogen) atoms. The molecule has 1 aliphatic rings. The first-order valence-corrected chi connectivity index (χ1v) is 8.51. The molecule has 2 unspecified atom stereocenters. The number of hydrogen-bond acceptors (Lipinski definition) is 3. The lowest BCUT2D eigenvalue weighted by Gasteiger charge is -2.13. The Labute approximate surface area is 138 Å². The molecule has 0 aliphatic heterocycles. The van der Waals surface area contributed by atoms with Crippen molar-refractivity contribution in [3.8, 4) is 0 Å². The molecule has 0 bridgehead atoms. The van der Waals surface area contributed by atoms with E-state index in [1.54, 1.807) is 0 Å². The lowest BCUT2D eigenvalue weighted by atomic mass is 9.94. The van der Waals surface area contributed by atoms with E-state index in [1.165, 1.54) is 5.56 Å². The van der Waals surface area contributed by atoms with Crippen LogP contribution in [-0.4, -0.2) is 18.4 Å². The van der Waals surface area contributed by atoms with Crippen LogP contribution in [0.25, 0.3) is 0 Å². The minimum atomic E-state index is -0.263. The molecule has 0 N–H and O–H groups in total. The quantitative estimate of drug-likeness (QED) is 0.410. The fraction of sp³-hybridized carbons (Fsp3) is 0.500. The summed E-state index contributed by atoms with van der Waals surface area (Å²) in [5, 5.41) is 0. The summed E-state index contributed by atoms with van der Waals surface area (Å²) >= 11 is 0. The van der Waals surface area contributed by atoms with Gasteiger partial charge in [0.25, 0.3) is 0 Å². The van der Waals surface area contributed by atoms with Crippen LogP contribution in [0.3, 0.4) is 0 Å². The van der Waals surface area contributed by atoms with Crippen molar-refractivity contribution in [1.82, 2.24) is 0 Å². The zero-order chi connectivity index (χ0) is 16.7. The van der Waals surface area contributed by atoms with Crippen molar-refractivity contribution in [2.45, 2.75) is 51.4 Å². The second-order valence-electron chi connectivity index (χ2n) is 6.32. The molecule has 0 radical (unpaired) electrons. The number of esters is 1. The van der Waals surface area contributed by atoms with Crippen LogP contribution in [0.5, 0.6) is 0 Å². The summed E-state index contributed by atoms with van der Waals surface area (Å²) in [5.41, 5.74) is 2.13. The van der Waals surface area contributed by atoms with Gasteiger partial charge in [-0.3, -0.25) is 9.59 Å². The monoisotopic (exact) mass is 314 g/mol. The molecular formula is C20H26O3. The van der Waals surface area contributed by atoms with Crippen LogP contribution in [0.2, 0.25) is 0 Å². The van der Waals surface area contributed by atoms with E-state index in [-0.39, 0.29) is 17.8 Å². The van der Waals surface area contributed by atoms with Gasteiger partial charge in [-0.2, -0.15) is 0 Å². The predicted molar refractivity (Wildman–Crippen MR) is 91.3 cm³/mol. The Morgan fingerprint density at radius 2 is 2.13 bits per heavy atom. The Bertz CT molecular complexity index is 545. The first kappa shape index (κ1) is 17.5. The topological polar surface area (TPSA) is 43.4 Å². The summed E-state index contributed by atoms with van der Waals surface area (Å²) < 4.78 is 5.28. The number of ether oxygens (including phenoxy) is 1. The number of hydrogen-bond donors (Lipinski definition) is 0. The fourth-order valence-corrected chi connectivity index (χ4v) is 2.99. The highest BCUT2D eigenvalue weighted by Gasteiger charge is 2.24. The van der Waals surface area contributed by atoms with Gasteiger partial charge in [-0.05, 0) is 50.2 Å². The van der Waals surface area contributed by atoms with Gasteiger partial charge in [0.1, 0.15) is 5.78 Å². The Balaban J connectivity index is 1.86. The Morgan fingerprint density at radius 3 is 2.74 bits per heavy atom. The molecule has 1 saturated carbocycles. The number of carbonyl (C=O) groups is 2. The molecule has 1 fully saturated rings. The van der Waals surface area contributed by atoms with Crippen molar-refractivity contribution < 1.29 is 14.3 Å². The highest BCUT2D eigenvalue weighted by molar-refractivity contribution is 5.83. The van der Waals surface area contributed by atoms with Crippen LogP contribution in [0, 0.1) is 5.92 Å². The van der Waals surface area contributed by atoms with Crippen LogP contribution in [0.15, 0.2) is 36.9 Å². The summed E-state index contributed by atoms with van der Waals surface area (Å²) in [6, 6.07) is 8.01. The maximum Gasteiger partial charge on any atom is 0.313 e. The van der Waals surface area contributed by atoms with E-state index in [9.17, 15) is 9.59 Å². The maximum absolute atomic E-state index is 12.0. The number of unbranched alkanes of at least 4 members (excludes halogenated alkanes) is 1. The molecule has 0 saturated heterocycles. The molecule has 1 aromatic carbocycles. The maximum atomic E-state index is 12.0. The summed E-state index contributed by atoms with van der Waals surface area (Å²) in [6.07, 6.45) is 7.08. The fourth-order valence-electron chi connectivity index (χ4n) is 2.99. The van der Waals surface area contributed by atoms with Gasteiger partial charge in [0.2, 0.25) is 0 Å². The third kappa shape index (κ3) is 5.05. The van der Waals surface area contributed by atoms with E-state index in [1.807, 2.05) is 37.3 Å². The van der Waals surface area contributed by atoms with Crippen molar-refractivity contribution in [3.63, 3.8) is 0 Å². The molecule has 3 nitrogen and oxygen atoms in total.